The number of H-pyrrole nitrogens is 1. The van der Waals surface area contributed by atoms with Crippen LogP contribution in [0.4, 0.5) is 5.69 Å². The van der Waals surface area contributed by atoms with E-state index in [-0.39, 0.29) is 11.4 Å². The van der Waals surface area contributed by atoms with Gasteiger partial charge in [0, 0.05) is 12.1 Å². The molecule has 21 heavy (non-hydrogen) atoms. The molecule has 0 aliphatic heterocycles. The molecule has 6 heteroatoms. The summed E-state index contributed by atoms with van der Waals surface area (Å²) in [7, 11) is 4.17. The number of aromatic amines is 1. The predicted octanol–water partition coefficient (Wildman–Crippen LogP) is 1.55. The maximum Gasteiger partial charge on any atom is 0.274 e. The summed E-state index contributed by atoms with van der Waals surface area (Å²) in [6, 6.07) is 0. The third kappa shape index (κ3) is 3.20. The molecule has 1 amide bonds. The number of hydrogen-bond acceptors (Lipinski definition) is 4. The number of likely N-dealkylation sites (N-methyl/N-ethyl adjacent to an activating group) is 1. The molecule has 2 rings (SSSR count). The van der Waals surface area contributed by atoms with Crippen LogP contribution in [-0.4, -0.2) is 47.2 Å². The van der Waals surface area contributed by atoms with Crippen LogP contribution >= 0.6 is 0 Å². The molecule has 1 fully saturated rings. The number of hydrogen-bond donors (Lipinski definition) is 3. The topological polar surface area (TPSA) is 87.0 Å². The van der Waals surface area contributed by atoms with Crippen molar-refractivity contribution < 1.29 is 4.79 Å². The van der Waals surface area contributed by atoms with E-state index in [9.17, 15) is 4.79 Å². The fraction of sp³-hybridized carbons (Fsp3) is 0.733. The van der Waals surface area contributed by atoms with Crippen LogP contribution in [0, 0.1) is 0 Å². The van der Waals surface area contributed by atoms with Gasteiger partial charge in [0.15, 0.2) is 5.69 Å². The molecule has 1 saturated carbocycles. The summed E-state index contributed by atoms with van der Waals surface area (Å²) in [6.07, 6.45) is 6.47. The summed E-state index contributed by atoms with van der Waals surface area (Å²) < 4.78 is 0. The second-order valence-corrected chi connectivity index (χ2v) is 6.22. The normalized spacial score (nSPS) is 17.3. The van der Waals surface area contributed by atoms with Crippen LogP contribution in [-0.2, 0) is 6.42 Å². The van der Waals surface area contributed by atoms with Crippen LogP contribution in [0.15, 0.2) is 0 Å². The van der Waals surface area contributed by atoms with Crippen LogP contribution in [0.25, 0.3) is 0 Å². The molecular weight excluding hydrogens is 266 g/mol. The number of rotatable bonds is 6. The van der Waals surface area contributed by atoms with Crippen LogP contribution in [0.2, 0.25) is 0 Å². The summed E-state index contributed by atoms with van der Waals surface area (Å²) in [5, 5.41) is 9.96. The van der Waals surface area contributed by atoms with Crippen LogP contribution < -0.4 is 11.1 Å². The van der Waals surface area contributed by atoms with Gasteiger partial charge >= 0.3 is 0 Å². The molecular formula is C15H27N5O. The first-order chi connectivity index (χ1) is 10.00. The number of amides is 1. The van der Waals surface area contributed by atoms with E-state index in [2.05, 4.69) is 41.4 Å². The van der Waals surface area contributed by atoms with E-state index < -0.39 is 0 Å². The lowest BCUT2D eigenvalue weighted by Crippen LogP contribution is -2.50. The third-order valence-electron chi connectivity index (χ3n) is 4.66. The molecule has 6 nitrogen and oxygen atoms in total. The minimum Gasteiger partial charge on any atom is -0.395 e. The van der Waals surface area contributed by atoms with Crippen molar-refractivity contribution in [2.45, 2.75) is 51.0 Å². The monoisotopic (exact) mass is 293 g/mol. The van der Waals surface area contributed by atoms with Crippen molar-refractivity contribution in [3.8, 4) is 0 Å². The van der Waals surface area contributed by atoms with Gasteiger partial charge in [0.2, 0.25) is 0 Å². The number of aromatic nitrogens is 2. The maximum atomic E-state index is 12.3. The number of nitrogen functional groups attached to an aromatic ring is 1. The molecule has 118 valence electrons. The Bertz CT molecular complexity index is 488. The van der Waals surface area contributed by atoms with E-state index in [0.717, 1.165) is 31.4 Å². The van der Waals surface area contributed by atoms with Gasteiger partial charge in [0.05, 0.1) is 11.4 Å². The molecule has 0 spiro atoms. The van der Waals surface area contributed by atoms with Crippen molar-refractivity contribution in [3.05, 3.63) is 11.4 Å². The molecule has 1 aromatic rings. The molecule has 0 saturated heterocycles. The summed E-state index contributed by atoms with van der Waals surface area (Å²) in [5.41, 5.74) is 7.74. The summed E-state index contributed by atoms with van der Waals surface area (Å²) in [6.45, 7) is 2.72. The van der Waals surface area contributed by atoms with Gasteiger partial charge in [-0.3, -0.25) is 9.89 Å². The average molecular weight is 293 g/mol. The molecule has 0 bridgehead atoms. The van der Waals surface area contributed by atoms with Crippen LogP contribution in [0.3, 0.4) is 0 Å². The molecule has 1 aliphatic rings. The Balaban J connectivity index is 2.01. The second kappa shape index (κ2) is 6.47. The first-order valence-electron chi connectivity index (χ1n) is 7.78. The fourth-order valence-electron chi connectivity index (χ4n) is 3.14. The van der Waals surface area contributed by atoms with E-state index in [1.807, 2.05) is 0 Å². The van der Waals surface area contributed by atoms with Gasteiger partial charge in [-0.1, -0.05) is 26.2 Å². The van der Waals surface area contributed by atoms with Crippen LogP contribution in [0.5, 0.6) is 0 Å². The molecule has 0 radical (unpaired) electrons. The Hall–Kier alpha value is -1.56. The van der Waals surface area contributed by atoms with E-state index in [1.54, 1.807) is 0 Å². The highest BCUT2D eigenvalue weighted by molar-refractivity contribution is 5.97. The van der Waals surface area contributed by atoms with Crippen molar-refractivity contribution in [1.82, 2.24) is 20.4 Å². The Morgan fingerprint density at radius 2 is 2.10 bits per heavy atom. The molecule has 1 aromatic heterocycles. The van der Waals surface area contributed by atoms with Gasteiger partial charge in [-0.15, -0.1) is 0 Å². The number of aryl methyl sites for hydroxylation is 1. The summed E-state index contributed by atoms with van der Waals surface area (Å²) in [4.78, 5) is 14.5. The number of nitrogens with zero attached hydrogens (tertiary/aromatic N) is 2. The summed E-state index contributed by atoms with van der Waals surface area (Å²) in [5.74, 6) is -0.181. The molecule has 0 atom stereocenters. The Kier molecular flexibility index (Phi) is 4.88. The Labute approximate surface area is 126 Å². The largest absolute Gasteiger partial charge is 0.395 e. The number of nitrogens with two attached hydrogens (primary N) is 1. The van der Waals surface area contributed by atoms with Crippen molar-refractivity contribution in [2.75, 3.05) is 26.4 Å². The molecule has 1 heterocycles. The van der Waals surface area contributed by atoms with Crippen molar-refractivity contribution in [3.63, 3.8) is 0 Å². The van der Waals surface area contributed by atoms with E-state index >= 15 is 0 Å². The summed E-state index contributed by atoms with van der Waals surface area (Å²) >= 11 is 0. The highest BCUT2D eigenvalue weighted by Gasteiger charge is 2.36. The maximum absolute atomic E-state index is 12.3. The minimum atomic E-state index is -0.181. The molecule has 1 aliphatic carbocycles. The van der Waals surface area contributed by atoms with Crippen LogP contribution in [0.1, 0.15) is 55.2 Å². The molecule has 0 unspecified atom stereocenters. The lowest BCUT2D eigenvalue weighted by molar-refractivity contribution is 0.0896. The van der Waals surface area contributed by atoms with Gasteiger partial charge in [-0.2, -0.15) is 5.10 Å². The third-order valence-corrected chi connectivity index (χ3v) is 4.66. The number of carbonyl (C=O) groups is 1. The zero-order chi connectivity index (χ0) is 15.5. The van der Waals surface area contributed by atoms with Crippen molar-refractivity contribution >= 4 is 11.6 Å². The lowest BCUT2D eigenvalue weighted by atomic mass is 9.96. The first kappa shape index (κ1) is 15.8. The standard InChI is InChI=1S/C15H27N5O/c1-4-7-11-12(16)13(19-18-11)14(21)17-10-15(20(2)3)8-5-6-9-15/h4-10,16H2,1-3H3,(H,17,21)(H,18,19). The van der Waals surface area contributed by atoms with Crippen molar-refractivity contribution in [2.24, 2.45) is 0 Å². The SMILES string of the molecule is CCCc1[nH]nc(C(=O)NCC2(N(C)C)CCCC2)c1N. The average Bonchev–Trinajstić information content (AvgIpc) is 3.06. The first-order valence-corrected chi connectivity index (χ1v) is 7.78. The predicted molar refractivity (Wildman–Crippen MR) is 84.2 cm³/mol. The molecule has 4 N–H and O–H groups in total. The fourth-order valence-corrected chi connectivity index (χ4v) is 3.14. The smallest absolute Gasteiger partial charge is 0.274 e. The zero-order valence-corrected chi connectivity index (χ0v) is 13.3. The van der Waals surface area contributed by atoms with Gasteiger partial charge in [0.25, 0.3) is 5.91 Å². The van der Waals surface area contributed by atoms with Gasteiger partial charge in [-0.05, 0) is 33.4 Å². The highest BCUT2D eigenvalue weighted by Crippen LogP contribution is 2.33. The van der Waals surface area contributed by atoms with Gasteiger partial charge in [-0.25, -0.2) is 0 Å². The Morgan fingerprint density at radius 1 is 1.43 bits per heavy atom. The van der Waals surface area contributed by atoms with Crippen molar-refractivity contribution in [1.29, 1.82) is 0 Å². The minimum absolute atomic E-state index is 0.0764. The Morgan fingerprint density at radius 3 is 2.67 bits per heavy atom. The van der Waals surface area contributed by atoms with E-state index in [1.165, 1.54) is 12.8 Å². The van der Waals surface area contributed by atoms with E-state index in [4.69, 9.17) is 5.73 Å². The van der Waals surface area contributed by atoms with Gasteiger partial charge < -0.3 is 16.0 Å². The zero-order valence-electron chi connectivity index (χ0n) is 13.3. The molecule has 0 aromatic carbocycles. The number of anilines is 1. The quantitative estimate of drug-likeness (QED) is 0.742. The lowest BCUT2D eigenvalue weighted by Gasteiger charge is -2.36. The highest BCUT2D eigenvalue weighted by atomic mass is 16.2. The second-order valence-electron chi connectivity index (χ2n) is 6.22. The van der Waals surface area contributed by atoms with Gasteiger partial charge in [0.1, 0.15) is 0 Å². The van der Waals surface area contributed by atoms with E-state index in [0.29, 0.717) is 17.9 Å². The number of carbonyl (C=O) groups excluding carboxylic acids is 1. The number of nitrogens with one attached hydrogen (secondary N) is 2.